The molecule has 0 heterocycles. The summed E-state index contributed by atoms with van der Waals surface area (Å²) in [7, 11) is 0. The molecule has 0 aromatic heterocycles. The molecule has 0 amide bonds. The lowest BCUT2D eigenvalue weighted by Crippen LogP contribution is -1.97. The first-order valence-corrected chi connectivity index (χ1v) is 6.48. The average molecular weight is 245 g/mol. The van der Waals surface area contributed by atoms with E-state index in [1.807, 2.05) is 36.4 Å². The summed E-state index contributed by atoms with van der Waals surface area (Å²) in [5.41, 5.74) is 4.65. The molecule has 0 bridgehead atoms. The van der Waals surface area contributed by atoms with Crippen molar-refractivity contribution in [1.29, 1.82) is 0 Å². The molecule has 0 saturated carbocycles. The molecule has 1 aliphatic rings. The van der Waals surface area contributed by atoms with Crippen molar-refractivity contribution in [2.24, 2.45) is 4.99 Å². The summed E-state index contributed by atoms with van der Waals surface area (Å²) >= 11 is 0. The lowest BCUT2D eigenvalue weighted by atomic mass is 9.99. The van der Waals surface area contributed by atoms with Gasteiger partial charge in [-0.05, 0) is 29.3 Å². The van der Waals surface area contributed by atoms with Crippen LogP contribution in [0.3, 0.4) is 0 Å². The van der Waals surface area contributed by atoms with E-state index in [1.54, 1.807) is 0 Å². The van der Waals surface area contributed by atoms with Gasteiger partial charge in [0, 0.05) is 12.1 Å². The van der Waals surface area contributed by atoms with Crippen LogP contribution in [0.2, 0.25) is 0 Å². The third kappa shape index (κ3) is 2.89. The normalized spacial score (nSPS) is 16.4. The minimum atomic E-state index is 0.885. The highest BCUT2D eigenvalue weighted by atomic mass is 14.7. The van der Waals surface area contributed by atoms with E-state index < -0.39 is 0 Å². The topological polar surface area (TPSA) is 12.4 Å². The van der Waals surface area contributed by atoms with E-state index in [0.717, 1.165) is 17.8 Å². The first kappa shape index (κ1) is 11.7. The van der Waals surface area contributed by atoms with Gasteiger partial charge in [0.1, 0.15) is 0 Å². The summed E-state index contributed by atoms with van der Waals surface area (Å²) in [5.74, 6) is 0. The Morgan fingerprint density at radius 2 is 1.42 bits per heavy atom. The molecule has 0 fully saturated rings. The second-order valence-corrected chi connectivity index (χ2v) is 4.50. The summed E-state index contributed by atoms with van der Waals surface area (Å²) in [6.07, 6.45) is 7.36. The first-order valence-electron chi connectivity index (χ1n) is 6.48. The molecule has 1 aliphatic carbocycles. The quantitative estimate of drug-likeness (QED) is 0.720. The summed E-state index contributed by atoms with van der Waals surface area (Å²) in [6, 6.07) is 20.5. The number of benzene rings is 2. The van der Waals surface area contributed by atoms with E-state index in [4.69, 9.17) is 0 Å². The maximum atomic E-state index is 4.63. The Bertz CT molecular complexity index is 634. The van der Waals surface area contributed by atoms with E-state index in [2.05, 4.69) is 47.5 Å². The Balaban J connectivity index is 1.78. The summed E-state index contributed by atoms with van der Waals surface area (Å²) in [4.78, 5) is 4.63. The molecule has 0 radical (unpaired) electrons. The minimum absolute atomic E-state index is 0.885. The van der Waals surface area contributed by atoms with Gasteiger partial charge in [-0.25, -0.2) is 0 Å². The van der Waals surface area contributed by atoms with Gasteiger partial charge in [-0.3, -0.25) is 4.99 Å². The molecule has 19 heavy (non-hydrogen) atoms. The zero-order chi connectivity index (χ0) is 12.9. The van der Waals surface area contributed by atoms with Crippen LogP contribution in [-0.4, -0.2) is 5.71 Å². The number of para-hydroxylation sites is 1. The van der Waals surface area contributed by atoms with Crippen molar-refractivity contribution >= 4 is 17.0 Å². The van der Waals surface area contributed by atoms with Crippen LogP contribution >= 0.6 is 0 Å². The Hall–Kier alpha value is -2.41. The fourth-order valence-corrected chi connectivity index (χ4v) is 2.13. The highest BCUT2D eigenvalue weighted by Gasteiger charge is 2.04. The Labute approximate surface area is 113 Å². The van der Waals surface area contributed by atoms with E-state index in [9.17, 15) is 0 Å². The van der Waals surface area contributed by atoms with E-state index >= 15 is 0 Å². The molecule has 0 saturated heterocycles. The van der Waals surface area contributed by atoms with Crippen molar-refractivity contribution in [2.45, 2.75) is 6.42 Å². The predicted octanol–water partition coefficient (Wildman–Crippen LogP) is 4.80. The second kappa shape index (κ2) is 5.49. The largest absolute Gasteiger partial charge is 0.253 e. The minimum Gasteiger partial charge on any atom is -0.253 e. The molecule has 0 N–H and O–H groups in total. The first-order chi connectivity index (χ1) is 9.42. The third-order valence-corrected chi connectivity index (χ3v) is 3.12. The molecule has 0 aliphatic heterocycles. The molecule has 92 valence electrons. The maximum absolute atomic E-state index is 4.63. The maximum Gasteiger partial charge on any atom is 0.0633 e. The summed E-state index contributed by atoms with van der Waals surface area (Å²) < 4.78 is 0. The number of aliphatic imine (C=N–C) groups is 1. The molecule has 3 rings (SSSR count). The standard InChI is InChI=1S/C18H15N/c1-3-7-15(8-4-1)16-11-13-18(14-12-16)19-17-9-5-2-6-10-17/h1-13H,14H2/b19-18-. The van der Waals surface area contributed by atoms with Crippen LogP contribution in [0.25, 0.3) is 5.57 Å². The summed E-state index contributed by atoms with van der Waals surface area (Å²) in [6.45, 7) is 0. The number of nitrogens with zero attached hydrogens (tertiary/aromatic N) is 1. The third-order valence-electron chi connectivity index (χ3n) is 3.12. The van der Waals surface area contributed by atoms with E-state index in [0.29, 0.717) is 0 Å². The molecule has 0 unspecified atom stereocenters. The van der Waals surface area contributed by atoms with Gasteiger partial charge in [0.05, 0.1) is 5.69 Å². The van der Waals surface area contributed by atoms with Gasteiger partial charge in [-0.15, -0.1) is 0 Å². The van der Waals surface area contributed by atoms with E-state index in [1.165, 1.54) is 11.1 Å². The molecular formula is C18H15N. The van der Waals surface area contributed by atoms with Crippen molar-refractivity contribution in [3.8, 4) is 0 Å². The lowest BCUT2D eigenvalue weighted by molar-refractivity contribution is 1.39. The number of allylic oxidation sites excluding steroid dienone is 4. The molecule has 1 nitrogen and oxygen atoms in total. The van der Waals surface area contributed by atoms with Crippen molar-refractivity contribution in [2.75, 3.05) is 0 Å². The van der Waals surface area contributed by atoms with Gasteiger partial charge in [0.25, 0.3) is 0 Å². The van der Waals surface area contributed by atoms with Crippen molar-refractivity contribution in [1.82, 2.24) is 0 Å². The van der Waals surface area contributed by atoms with Crippen LogP contribution in [0.15, 0.2) is 83.9 Å². The fourth-order valence-electron chi connectivity index (χ4n) is 2.13. The zero-order valence-corrected chi connectivity index (χ0v) is 10.7. The van der Waals surface area contributed by atoms with Gasteiger partial charge in [-0.2, -0.15) is 0 Å². The highest BCUT2D eigenvalue weighted by Crippen LogP contribution is 2.21. The van der Waals surface area contributed by atoms with Crippen LogP contribution in [0.1, 0.15) is 12.0 Å². The van der Waals surface area contributed by atoms with Crippen LogP contribution in [0, 0.1) is 0 Å². The number of hydrogen-bond donors (Lipinski definition) is 0. The Kier molecular flexibility index (Phi) is 3.37. The monoisotopic (exact) mass is 245 g/mol. The molecule has 0 atom stereocenters. The van der Waals surface area contributed by atoms with Crippen LogP contribution in [0.5, 0.6) is 0 Å². The number of hydrogen-bond acceptors (Lipinski definition) is 1. The molecule has 1 heteroatoms. The van der Waals surface area contributed by atoms with E-state index in [-0.39, 0.29) is 0 Å². The van der Waals surface area contributed by atoms with Crippen molar-refractivity contribution in [3.05, 3.63) is 84.5 Å². The molecular weight excluding hydrogens is 230 g/mol. The number of rotatable bonds is 2. The van der Waals surface area contributed by atoms with Gasteiger partial charge < -0.3 is 0 Å². The smallest absolute Gasteiger partial charge is 0.0633 e. The van der Waals surface area contributed by atoms with Crippen LogP contribution in [-0.2, 0) is 0 Å². The van der Waals surface area contributed by atoms with Crippen molar-refractivity contribution in [3.63, 3.8) is 0 Å². The zero-order valence-electron chi connectivity index (χ0n) is 10.7. The van der Waals surface area contributed by atoms with Crippen LogP contribution in [0.4, 0.5) is 5.69 Å². The van der Waals surface area contributed by atoms with Gasteiger partial charge in [0.15, 0.2) is 0 Å². The van der Waals surface area contributed by atoms with Crippen LogP contribution < -0.4 is 0 Å². The summed E-state index contributed by atoms with van der Waals surface area (Å²) in [5, 5.41) is 0. The SMILES string of the molecule is C1=C/C(=N/c2ccccc2)CC=C1c1ccccc1. The Morgan fingerprint density at radius 1 is 0.737 bits per heavy atom. The van der Waals surface area contributed by atoms with Gasteiger partial charge in [-0.1, -0.05) is 60.7 Å². The second-order valence-electron chi connectivity index (χ2n) is 4.50. The molecule has 0 spiro atoms. The fraction of sp³-hybridized carbons (Fsp3) is 0.0556. The average Bonchev–Trinajstić information content (AvgIpc) is 2.50. The Morgan fingerprint density at radius 3 is 2.05 bits per heavy atom. The predicted molar refractivity (Wildman–Crippen MR) is 81.7 cm³/mol. The molecule has 2 aromatic carbocycles. The lowest BCUT2D eigenvalue weighted by Gasteiger charge is -2.09. The van der Waals surface area contributed by atoms with Gasteiger partial charge >= 0.3 is 0 Å². The highest BCUT2D eigenvalue weighted by molar-refractivity contribution is 6.02. The van der Waals surface area contributed by atoms with Crippen molar-refractivity contribution < 1.29 is 0 Å². The molecule has 2 aromatic rings. The van der Waals surface area contributed by atoms with Gasteiger partial charge in [0.2, 0.25) is 0 Å².